The van der Waals surface area contributed by atoms with Gasteiger partial charge in [-0.1, -0.05) is 294 Å². The van der Waals surface area contributed by atoms with E-state index in [1.807, 2.05) is 43.2 Å². The van der Waals surface area contributed by atoms with Gasteiger partial charge in [0.25, 0.3) is 0 Å². The molecule has 0 saturated heterocycles. The average Bonchev–Trinajstić information content (AvgIpc) is 3.54. The molecule has 0 aromatic rings. The van der Waals surface area contributed by atoms with E-state index >= 15 is 0 Å². The maximum absolute atomic E-state index is 12.9. The normalized spacial score (nSPS) is 11.6. The molecule has 0 fully saturated rings. The van der Waals surface area contributed by atoms with E-state index < -0.39 is 0 Å². The van der Waals surface area contributed by atoms with Crippen molar-refractivity contribution in [3.63, 3.8) is 0 Å². The highest BCUT2D eigenvalue weighted by atomic mass is 33.1. The van der Waals surface area contributed by atoms with Crippen LogP contribution in [0.15, 0.2) is 0 Å². The van der Waals surface area contributed by atoms with E-state index in [2.05, 4.69) is 49.4 Å². The number of carbonyl (C=O) groups is 4. The number of unbranched alkanes of at least 4 members (excludes halogenated alkanes) is 28. The summed E-state index contributed by atoms with van der Waals surface area (Å²) in [5.41, 5.74) is 0. The molecule has 0 radical (unpaired) electrons. The molecule has 0 aromatic heterocycles. The Kier molecular flexibility index (Phi) is 73.5. The van der Waals surface area contributed by atoms with E-state index in [0.29, 0.717) is 78.3 Å². The van der Waals surface area contributed by atoms with Crippen LogP contribution in [0.2, 0.25) is 0 Å². The Morgan fingerprint density at radius 1 is 0.244 bits per heavy atom. The average molecular weight is 1360 g/mol. The molecule has 0 atom stereocenters. The van der Waals surface area contributed by atoms with Crippen LogP contribution in [-0.4, -0.2) is 170 Å². The van der Waals surface area contributed by atoms with Crippen LogP contribution in [0, 0.1) is 0 Å². The first-order chi connectivity index (χ1) is 42.2. The molecule has 11 nitrogen and oxygen atoms in total. The predicted molar refractivity (Wildman–Crippen MR) is 392 cm³/mol. The molecule has 86 heavy (non-hydrogen) atoms. The lowest BCUT2D eigenvalue weighted by Gasteiger charge is -2.25. The topological polar surface area (TPSA) is 115 Å². The first kappa shape index (κ1) is 86.6. The molecule has 0 unspecified atom stereocenters. The molecule has 19 heteroatoms. The Hall–Kier alpha value is 0.560. The number of carbonyl (C=O) groups excluding carboxylic acids is 4. The van der Waals surface area contributed by atoms with Crippen LogP contribution in [0.1, 0.15) is 272 Å². The molecule has 0 aliphatic carbocycles. The Labute approximate surface area is 562 Å². The fourth-order valence-electron chi connectivity index (χ4n) is 9.61. The molecular weight excluding hydrogens is 1230 g/mol. The maximum atomic E-state index is 12.9. The van der Waals surface area contributed by atoms with Gasteiger partial charge in [-0.2, -0.15) is 0 Å². The van der Waals surface area contributed by atoms with Crippen LogP contribution < -0.4 is 0 Å². The summed E-state index contributed by atoms with van der Waals surface area (Å²) in [6.45, 7) is 16.1. The van der Waals surface area contributed by atoms with Gasteiger partial charge < -0.3 is 33.6 Å². The lowest BCUT2D eigenvalue weighted by Crippen LogP contribution is -2.34. The summed E-state index contributed by atoms with van der Waals surface area (Å²) in [4.78, 5) is 58.4. The molecule has 0 bridgehead atoms. The van der Waals surface area contributed by atoms with Gasteiger partial charge in [0.15, 0.2) is 0 Å². The maximum Gasteiger partial charge on any atom is 0.307 e. The third-order valence-electron chi connectivity index (χ3n) is 14.9. The molecule has 0 N–H and O–H groups in total. The lowest BCUT2D eigenvalue weighted by molar-refractivity contribution is -0.145. The van der Waals surface area contributed by atoms with Crippen molar-refractivity contribution >= 4 is 110 Å². The van der Waals surface area contributed by atoms with Crippen molar-refractivity contribution in [2.24, 2.45) is 0 Å². The minimum atomic E-state index is -0.189. The molecule has 0 heterocycles. The monoisotopic (exact) mass is 1360 g/mol. The second-order valence-corrected chi connectivity index (χ2v) is 33.9. The lowest BCUT2D eigenvalue weighted by atomic mass is 10.1. The van der Waals surface area contributed by atoms with E-state index in [0.717, 1.165) is 85.0 Å². The molecule has 0 aliphatic rings. The fraction of sp³-hybridized carbons (Fsp3) is 0.940. The molecule has 0 aromatic carbocycles. The Bertz CT molecular complexity index is 1260. The predicted octanol–water partition coefficient (Wildman–Crippen LogP) is 20.1. The zero-order valence-corrected chi connectivity index (χ0v) is 62.4. The third kappa shape index (κ3) is 68.9. The third-order valence-corrected chi connectivity index (χ3v) is 24.8. The van der Waals surface area contributed by atoms with Crippen LogP contribution in [0.25, 0.3) is 0 Å². The highest BCUT2D eigenvalue weighted by molar-refractivity contribution is 8.77. The van der Waals surface area contributed by atoms with Gasteiger partial charge in [-0.05, 0) is 71.8 Å². The summed E-state index contributed by atoms with van der Waals surface area (Å²) >= 11 is 0. The van der Waals surface area contributed by atoms with Crippen LogP contribution in [0.3, 0.4) is 0 Å². The van der Waals surface area contributed by atoms with E-state index in [1.54, 1.807) is 43.2 Å². The van der Waals surface area contributed by atoms with E-state index in [1.165, 1.54) is 205 Å². The quantitative estimate of drug-likeness (QED) is 0.0249. The van der Waals surface area contributed by atoms with Gasteiger partial charge in [-0.15, -0.1) is 0 Å². The summed E-state index contributed by atoms with van der Waals surface area (Å²) in [6, 6.07) is 0. The number of hydrogen-bond donors (Lipinski definition) is 0. The molecule has 0 aliphatic heterocycles. The summed E-state index contributed by atoms with van der Waals surface area (Å²) < 4.78 is 22.6. The van der Waals surface area contributed by atoms with Gasteiger partial charge in [0, 0.05) is 72.2 Å². The summed E-state index contributed by atoms with van der Waals surface area (Å²) in [5, 5.41) is 0. The van der Waals surface area contributed by atoms with E-state index in [-0.39, 0.29) is 23.9 Å². The standard InChI is InChI=1S/C67H131N3O8S8/c1-6-10-14-18-22-26-30-34-56-79-83-60-52-75-64(71)40-48-69(49-41-65(72)76-53-61-84-80-57-35-31-27-23-19-15-11-7-2)46-38-44-68(5)45-39-47-70(50-42-66(73)77-54-62-85-81-58-36-32-28-24-20-16-12-8-3)51-43-67(74)78-55-63-86-82-59-37-33-29-25-21-17-13-9-4/h6-63H2,1-5H3. The van der Waals surface area contributed by atoms with Crippen molar-refractivity contribution in [2.75, 3.05) is 132 Å². The van der Waals surface area contributed by atoms with Crippen LogP contribution in [-0.2, 0) is 38.1 Å². The van der Waals surface area contributed by atoms with Crippen molar-refractivity contribution in [1.82, 2.24) is 14.7 Å². The van der Waals surface area contributed by atoms with Gasteiger partial charge in [-0.25, -0.2) is 0 Å². The summed E-state index contributed by atoms with van der Waals surface area (Å²) in [5.74, 6) is 6.97. The first-order valence-electron chi connectivity index (χ1n) is 35.0. The van der Waals surface area contributed by atoms with Crippen molar-refractivity contribution in [3.05, 3.63) is 0 Å². The zero-order chi connectivity index (χ0) is 62.5. The Balaban J connectivity index is 5.07. The van der Waals surface area contributed by atoms with Gasteiger partial charge in [0.2, 0.25) is 0 Å². The van der Waals surface area contributed by atoms with Crippen molar-refractivity contribution < 1.29 is 38.1 Å². The summed E-state index contributed by atoms with van der Waals surface area (Å²) in [7, 11) is 16.8. The highest BCUT2D eigenvalue weighted by Crippen LogP contribution is 2.26. The van der Waals surface area contributed by atoms with Crippen molar-refractivity contribution in [3.8, 4) is 0 Å². The minimum absolute atomic E-state index is 0.189. The SMILES string of the molecule is CCCCCCCCCCSSCCOC(=O)CCN(CCCN(C)CCCN(CCC(=O)OCCSSCCCCCCCCCC)CCC(=O)OCCSSCCCCCCCCCC)CCC(=O)OCCSSCCCCCCCCCC. The van der Waals surface area contributed by atoms with Crippen LogP contribution in [0.5, 0.6) is 0 Å². The number of esters is 4. The Morgan fingerprint density at radius 2 is 0.442 bits per heavy atom. The molecule has 0 spiro atoms. The molecule has 0 saturated carbocycles. The van der Waals surface area contributed by atoms with Crippen LogP contribution in [0.4, 0.5) is 0 Å². The Morgan fingerprint density at radius 3 is 0.663 bits per heavy atom. The zero-order valence-electron chi connectivity index (χ0n) is 55.9. The molecule has 0 amide bonds. The van der Waals surface area contributed by atoms with Crippen molar-refractivity contribution in [1.29, 1.82) is 0 Å². The number of hydrogen-bond acceptors (Lipinski definition) is 19. The molecule has 0 rings (SSSR count). The first-order valence-corrected chi connectivity index (χ1v) is 44.9. The van der Waals surface area contributed by atoms with E-state index in [4.69, 9.17) is 18.9 Å². The summed E-state index contributed by atoms with van der Waals surface area (Å²) in [6.07, 6.45) is 45.4. The molecular formula is C67H131N3O8S8. The number of nitrogens with zero attached hydrogens (tertiary/aromatic N) is 3. The second kappa shape index (κ2) is 73.0. The smallest absolute Gasteiger partial charge is 0.307 e. The van der Waals surface area contributed by atoms with Gasteiger partial charge in [0.1, 0.15) is 26.4 Å². The van der Waals surface area contributed by atoms with Gasteiger partial charge in [0.05, 0.1) is 25.7 Å². The van der Waals surface area contributed by atoms with Crippen molar-refractivity contribution in [2.45, 2.75) is 272 Å². The highest BCUT2D eigenvalue weighted by Gasteiger charge is 2.16. The van der Waals surface area contributed by atoms with Crippen LogP contribution >= 0.6 is 86.4 Å². The molecule has 510 valence electrons. The largest absolute Gasteiger partial charge is 0.465 e. The number of ether oxygens (including phenoxy) is 4. The van der Waals surface area contributed by atoms with E-state index in [9.17, 15) is 19.2 Å². The second-order valence-electron chi connectivity index (χ2n) is 23.1. The van der Waals surface area contributed by atoms with Gasteiger partial charge in [-0.3, -0.25) is 19.2 Å². The minimum Gasteiger partial charge on any atom is -0.465 e. The number of rotatable bonds is 72. The van der Waals surface area contributed by atoms with Gasteiger partial charge >= 0.3 is 23.9 Å². The fourth-order valence-corrected chi connectivity index (χ4v) is 17.5.